The van der Waals surface area contributed by atoms with Crippen LogP contribution in [0.5, 0.6) is 0 Å². The molecule has 0 aromatic heterocycles. The fourth-order valence-electron chi connectivity index (χ4n) is 1.94. The molecule has 0 saturated carbocycles. The van der Waals surface area contributed by atoms with Gasteiger partial charge in [0.15, 0.2) is 0 Å². The number of rotatable bonds is 3. The molecule has 0 saturated heterocycles. The van der Waals surface area contributed by atoms with E-state index >= 15 is 0 Å². The maximum absolute atomic E-state index is 11.9. The molecule has 18 heavy (non-hydrogen) atoms. The third-order valence-electron chi connectivity index (χ3n) is 2.97. The predicted molar refractivity (Wildman–Crippen MR) is 72.4 cm³/mol. The molecule has 94 valence electrons. The highest BCUT2D eigenvalue weighted by molar-refractivity contribution is 6.04. The van der Waals surface area contributed by atoms with Crippen LogP contribution in [0.25, 0.3) is 10.8 Å². The third-order valence-corrected chi connectivity index (χ3v) is 2.97. The van der Waals surface area contributed by atoms with Gasteiger partial charge in [0.05, 0.1) is 5.69 Å². The Morgan fingerprint density at radius 1 is 1.28 bits per heavy atom. The first-order valence-electron chi connectivity index (χ1n) is 5.78. The van der Waals surface area contributed by atoms with Gasteiger partial charge in [-0.2, -0.15) is 0 Å². The van der Waals surface area contributed by atoms with Gasteiger partial charge in [0.1, 0.15) is 6.10 Å². The van der Waals surface area contributed by atoms with Crippen molar-refractivity contribution in [2.45, 2.75) is 6.10 Å². The number of nitrogens with zero attached hydrogens (tertiary/aromatic N) is 1. The second kappa shape index (κ2) is 5.16. The van der Waals surface area contributed by atoms with Gasteiger partial charge in [-0.15, -0.1) is 0 Å². The Hall–Kier alpha value is -1.91. The molecule has 4 heteroatoms. The predicted octanol–water partition coefficient (Wildman–Crippen LogP) is 1.12. The molecule has 1 amide bonds. The highest BCUT2D eigenvalue weighted by Gasteiger charge is 2.20. The van der Waals surface area contributed by atoms with Crippen LogP contribution in [-0.4, -0.2) is 30.7 Å². The minimum atomic E-state index is -1.16. The number of amides is 1. The summed E-state index contributed by atoms with van der Waals surface area (Å²) in [7, 11) is 1.64. The molecular formula is C14H16N2O2. The first kappa shape index (κ1) is 12.5. The van der Waals surface area contributed by atoms with E-state index in [1.165, 1.54) is 4.90 Å². The third kappa shape index (κ3) is 2.20. The average molecular weight is 244 g/mol. The largest absolute Gasteiger partial charge is 0.382 e. The smallest absolute Gasteiger partial charge is 0.256 e. The molecule has 0 aliphatic carbocycles. The van der Waals surface area contributed by atoms with E-state index in [4.69, 9.17) is 5.73 Å². The molecule has 0 aliphatic rings. The molecule has 2 rings (SSSR count). The van der Waals surface area contributed by atoms with Crippen LogP contribution in [0, 0.1) is 0 Å². The maximum atomic E-state index is 11.9. The van der Waals surface area contributed by atoms with Crippen LogP contribution in [-0.2, 0) is 4.79 Å². The van der Waals surface area contributed by atoms with Crippen LogP contribution >= 0.6 is 0 Å². The summed E-state index contributed by atoms with van der Waals surface area (Å²) in [5.74, 6) is -0.395. The Labute approximate surface area is 106 Å². The molecule has 0 heterocycles. The Kier molecular flexibility index (Phi) is 3.60. The molecule has 0 bridgehead atoms. The SMILES string of the molecule is CN(C(=O)C(O)CN)c1cccc2ccccc12. The minimum absolute atomic E-state index is 0.0755. The van der Waals surface area contributed by atoms with Crippen molar-refractivity contribution in [2.75, 3.05) is 18.5 Å². The number of hydrogen-bond donors (Lipinski definition) is 2. The number of carbonyl (C=O) groups is 1. The van der Waals surface area contributed by atoms with Crippen molar-refractivity contribution in [3.63, 3.8) is 0 Å². The normalized spacial score (nSPS) is 12.4. The fourth-order valence-corrected chi connectivity index (χ4v) is 1.94. The standard InChI is InChI=1S/C14H16N2O2/c1-16(14(18)13(17)9-15)12-8-4-6-10-5-2-3-7-11(10)12/h2-8,13,17H,9,15H2,1H3. The van der Waals surface area contributed by atoms with Crippen LogP contribution in [0.2, 0.25) is 0 Å². The number of carbonyl (C=O) groups excluding carboxylic acids is 1. The van der Waals surface area contributed by atoms with Crippen LogP contribution < -0.4 is 10.6 Å². The number of hydrogen-bond acceptors (Lipinski definition) is 3. The first-order valence-corrected chi connectivity index (χ1v) is 5.78. The van der Waals surface area contributed by atoms with Crippen molar-refractivity contribution in [3.05, 3.63) is 42.5 Å². The second-order valence-electron chi connectivity index (χ2n) is 4.15. The van der Waals surface area contributed by atoms with E-state index in [0.717, 1.165) is 16.5 Å². The van der Waals surface area contributed by atoms with Crippen LogP contribution in [0.1, 0.15) is 0 Å². The molecule has 1 unspecified atom stereocenters. The Bertz CT molecular complexity index is 563. The van der Waals surface area contributed by atoms with E-state index in [0.29, 0.717) is 0 Å². The van der Waals surface area contributed by atoms with E-state index in [1.54, 1.807) is 7.05 Å². The number of anilines is 1. The van der Waals surface area contributed by atoms with Crippen molar-refractivity contribution < 1.29 is 9.90 Å². The molecule has 3 N–H and O–H groups in total. The molecule has 0 radical (unpaired) electrons. The Balaban J connectivity index is 2.45. The van der Waals surface area contributed by atoms with Crippen LogP contribution in [0.15, 0.2) is 42.5 Å². The van der Waals surface area contributed by atoms with Gasteiger partial charge in [-0.3, -0.25) is 4.79 Å². The van der Waals surface area contributed by atoms with Crippen molar-refractivity contribution in [3.8, 4) is 0 Å². The summed E-state index contributed by atoms with van der Waals surface area (Å²) in [4.78, 5) is 13.4. The van der Waals surface area contributed by atoms with Gasteiger partial charge in [0.25, 0.3) is 5.91 Å². The lowest BCUT2D eigenvalue weighted by atomic mass is 10.1. The van der Waals surface area contributed by atoms with E-state index in [-0.39, 0.29) is 6.54 Å². The Morgan fingerprint density at radius 2 is 1.94 bits per heavy atom. The number of fused-ring (bicyclic) bond motifs is 1. The van der Waals surface area contributed by atoms with Gasteiger partial charge in [-0.1, -0.05) is 36.4 Å². The van der Waals surface area contributed by atoms with Crippen molar-refractivity contribution in [1.29, 1.82) is 0 Å². The number of likely N-dealkylation sites (N-methyl/N-ethyl adjacent to an activating group) is 1. The number of benzene rings is 2. The maximum Gasteiger partial charge on any atom is 0.256 e. The summed E-state index contributed by atoms with van der Waals surface area (Å²) < 4.78 is 0. The monoisotopic (exact) mass is 244 g/mol. The van der Waals surface area contributed by atoms with E-state index in [9.17, 15) is 9.90 Å². The summed E-state index contributed by atoms with van der Waals surface area (Å²) in [6, 6.07) is 13.5. The van der Waals surface area contributed by atoms with E-state index in [1.807, 2.05) is 42.5 Å². The molecule has 0 fully saturated rings. The highest BCUT2D eigenvalue weighted by Crippen LogP contribution is 2.26. The van der Waals surface area contributed by atoms with Gasteiger partial charge >= 0.3 is 0 Å². The molecule has 1 atom stereocenters. The van der Waals surface area contributed by atoms with Crippen molar-refractivity contribution in [2.24, 2.45) is 5.73 Å². The highest BCUT2D eigenvalue weighted by atomic mass is 16.3. The van der Waals surface area contributed by atoms with Crippen LogP contribution in [0.3, 0.4) is 0 Å². The zero-order valence-corrected chi connectivity index (χ0v) is 10.2. The Morgan fingerprint density at radius 3 is 2.67 bits per heavy atom. The summed E-state index contributed by atoms with van der Waals surface area (Å²) in [5, 5.41) is 11.5. The summed E-state index contributed by atoms with van der Waals surface area (Å²) >= 11 is 0. The first-order chi connectivity index (χ1) is 8.65. The lowest BCUT2D eigenvalue weighted by Gasteiger charge is -2.21. The fraction of sp³-hybridized carbons (Fsp3) is 0.214. The van der Waals surface area contributed by atoms with Crippen molar-refractivity contribution >= 4 is 22.4 Å². The van der Waals surface area contributed by atoms with Gasteiger partial charge in [-0.25, -0.2) is 0 Å². The van der Waals surface area contributed by atoms with E-state index < -0.39 is 12.0 Å². The molecular weight excluding hydrogens is 228 g/mol. The van der Waals surface area contributed by atoms with Gasteiger partial charge in [-0.05, 0) is 11.5 Å². The van der Waals surface area contributed by atoms with Gasteiger partial charge in [0.2, 0.25) is 0 Å². The number of nitrogens with two attached hydrogens (primary N) is 1. The van der Waals surface area contributed by atoms with Crippen molar-refractivity contribution in [1.82, 2.24) is 0 Å². The zero-order valence-electron chi connectivity index (χ0n) is 10.2. The topological polar surface area (TPSA) is 66.6 Å². The second-order valence-corrected chi connectivity index (χ2v) is 4.15. The molecule has 0 spiro atoms. The zero-order chi connectivity index (χ0) is 13.1. The lowest BCUT2D eigenvalue weighted by Crippen LogP contribution is -2.40. The van der Waals surface area contributed by atoms with Crippen LogP contribution in [0.4, 0.5) is 5.69 Å². The number of aliphatic hydroxyl groups excluding tert-OH is 1. The summed E-state index contributed by atoms with van der Waals surface area (Å²) in [6.07, 6.45) is -1.16. The molecule has 2 aromatic rings. The quantitative estimate of drug-likeness (QED) is 0.850. The van der Waals surface area contributed by atoms with Gasteiger partial charge < -0.3 is 15.7 Å². The number of aliphatic hydroxyl groups is 1. The summed E-state index contributed by atoms with van der Waals surface area (Å²) in [6.45, 7) is -0.0755. The van der Waals surface area contributed by atoms with Gasteiger partial charge in [0, 0.05) is 19.0 Å². The lowest BCUT2D eigenvalue weighted by molar-refractivity contribution is -0.125. The van der Waals surface area contributed by atoms with E-state index in [2.05, 4.69) is 0 Å². The average Bonchev–Trinajstić information content (AvgIpc) is 2.44. The molecule has 4 nitrogen and oxygen atoms in total. The minimum Gasteiger partial charge on any atom is -0.382 e. The molecule has 0 aliphatic heterocycles. The summed E-state index contributed by atoms with van der Waals surface area (Å²) in [5.41, 5.74) is 6.07. The molecule has 2 aromatic carbocycles.